The highest BCUT2D eigenvalue weighted by molar-refractivity contribution is 5.95. The van der Waals surface area contributed by atoms with Crippen LogP contribution in [0, 0.1) is 17.8 Å². The van der Waals surface area contributed by atoms with Crippen molar-refractivity contribution in [3.8, 4) is 0 Å². The third kappa shape index (κ3) is 1.41. The summed E-state index contributed by atoms with van der Waals surface area (Å²) in [6, 6.07) is 0. The number of ether oxygens (including phenoxy) is 4. The fraction of sp³-hybridized carbons (Fsp3) is 0.750. The highest BCUT2D eigenvalue weighted by atomic mass is 16.8. The molecule has 2 aliphatic heterocycles. The van der Waals surface area contributed by atoms with Gasteiger partial charge in [-0.25, -0.2) is 4.79 Å². The quantitative estimate of drug-likeness (QED) is 0.517. The van der Waals surface area contributed by atoms with Gasteiger partial charge in [-0.1, -0.05) is 6.08 Å². The summed E-state index contributed by atoms with van der Waals surface area (Å²) in [7, 11) is 1.33. The molecular formula is C16H18O7. The first-order valence-corrected chi connectivity index (χ1v) is 8.01. The molecule has 7 heteroatoms. The summed E-state index contributed by atoms with van der Waals surface area (Å²) in [5.74, 6) is -2.77. The number of aliphatic hydroxyl groups excluding tert-OH is 1. The third-order valence-corrected chi connectivity index (χ3v) is 6.25. The molecule has 6 atom stereocenters. The van der Waals surface area contributed by atoms with E-state index in [-0.39, 0.29) is 17.6 Å². The molecule has 2 saturated carbocycles. The lowest BCUT2D eigenvalue weighted by Crippen LogP contribution is -2.59. The second-order valence-corrected chi connectivity index (χ2v) is 6.96. The molecule has 0 amide bonds. The fourth-order valence-electron chi connectivity index (χ4n) is 5.33. The monoisotopic (exact) mass is 322 g/mol. The summed E-state index contributed by atoms with van der Waals surface area (Å²) >= 11 is 0. The zero-order chi connectivity index (χ0) is 16.0. The van der Waals surface area contributed by atoms with Crippen LogP contribution in [0.5, 0.6) is 0 Å². The molecular weight excluding hydrogens is 304 g/mol. The van der Waals surface area contributed by atoms with Crippen LogP contribution in [0.4, 0.5) is 0 Å². The first kappa shape index (κ1) is 14.1. The number of methoxy groups -OCH3 is 1. The number of carbonyl (C=O) groups excluding carboxylic acids is 2. The lowest BCUT2D eigenvalue weighted by molar-refractivity contribution is -0.222. The molecule has 2 bridgehead atoms. The molecule has 124 valence electrons. The van der Waals surface area contributed by atoms with Crippen LogP contribution in [-0.2, 0) is 28.5 Å². The van der Waals surface area contributed by atoms with Gasteiger partial charge in [-0.2, -0.15) is 0 Å². The molecule has 1 N–H and O–H groups in total. The maximum atomic E-state index is 12.6. The average molecular weight is 322 g/mol. The van der Waals surface area contributed by atoms with Crippen LogP contribution < -0.4 is 0 Å². The second-order valence-electron chi connectivity index (χ2n) is 6.96. The van der Waals surface area contributed by atoms with E-state index >= 15 is 0 Å². The van der Waals surface area contributed by atoms with Crippen LogP contribution >= 0.6 is 0 Å². The number of rotatable bonds is 1. The molecule has 23 heavy (non-hydrogen) atoms. The third-order valence-electron chi connectivity index (χ3n) is 6.25. The maximum Gasteiger partial charge on any atom is 0.333 e. The van der Waals surface area contributed by atoms with Crippen molar-refractivity contribution >= 4 is 11.8 Å². The Morgan fingerprint density at radius 2 is 2.09 bits per heavy atom. The lowest BCUT2D eigenvalue weighted by atomic mass is 9.70. The van der Waals surface area contributed by atoms with Crippen molar-refractivity contribution in [2.24, 2.45) is 17.8 Å². The van der Waals surface area contributed by atoms with Crippen LogP contribution in [0.25, 0.3) is 0 Å². The van der Waals surface area contributed by atoms with E-state index in [1.165, 1.54) is 7.11 Å². The van der Waals surface area contributed by atoms with E-state index in [1.807, 2.05) is 0 Å². The van der Waals surface area contributed by atoms with Crippen molar-refractivity contribution in [2.75, 3.05) is 20.3 Å². The lowest BCUT2D eigenvalue weighted by Gasteiger charge is -2.40. The molecule has 0 aromatic heterocycles. The molecule has 0 aromatic carbocycles. The van der Waals surface area contributed by atoms with E-state index in [9.17, 15) is 14.7 Å². The molecule has 2 saturated heterocycles. The normalized spacial score (nSPS) is 48.7. The predicted molar refractivity (Wildman–Crippen MR) is 73.1 cm³/mol. The number of aliphatic hydroxyl groups is 1. The van der Waals surface area contributed by atoms with Gasteiger partial charge >= 0.3 is 5.97 Å². The van der Waals surface area contributed by atoms with Crippen molar-refractivity contribution < 1.29 is 33.6 Å². The molecule has 0 radical (unpaired) electrons. The van der Waals surface area contributed by atoms with E-state index in [1.54, 1.807) is 6.08 Å². The van der Waals surface area contributed by atoms with Gasteiger partial charge in [0, 0.05) is 23.8 Å². The van der Waals surface area contributed by atoms with E-state index in [0.29, 0.717) is 31.6 Å². The van der Waals surface area contributed by atoms with Crippen molar-refractivity contribution in [2.45, 2.75) is 36.4 Å². The van der Waals surface area contributed by atoms with Crippen molar-refractivity contribution in [1.29, 1.82) is 0 Å². The van der Waals surface area contributed by atoms with Gasteiger partial charge < -0.3 is 24.1 Å². The Balaban J connectivity index is 1.69. The van der Waals surface area contributed by atoms with E-state index in [0.717, 1.165) is 0 Å². The van der Waals surface area contributed by atoms with E-state index < -0.39 is 35.5 Å². The van der Waals surface area contributed by atoms with E-state index in [2.05, 4.69) is 0 Å². The van der Waals surface area contributed by atoms with Gasteiger partial charge in [0.2, 0.25) is 5.79 Å². The minimum absolute atomic E-state index is 0.0964. The molecule has 2 heterocycles. The highest BCUT2D eigenvalue weighted by Gasteiger charge is 2.85. The Labute approximate surface area is 132 Å². The van der Waals surface area contributed by atoms with Gasteiger partial charge in [0.05, 0.1) is 26.4 Å². The van der Waals surface area contributed by atoms with Gasteiger partial charge in [-0.3, -0.25) is 4.79 Å². The van der Waals surface area contributed by atoms with Crippen molar-refractivity contribution in [3.05, 3.63) is 11.6 Å². The number of hydrogen-bond donors (Lipinski definition) is 1. The minimum Gasteiger partial charge on any atom is -0.466 e. The summed E-state index contributed by atoms with van der Waals surface area (Å²) in [5.41, 5.74) is -0.484. The Hall–Kier alpha value is -1.28. The topological polar surface area (TPSA) is 94.6 Å². The summed E-state index contributed by atoms with van der Waals surface area (Å²) in [6.45, 7) is 0.814. The smallest absolute Gasteiger partial charge is 0.333 e. The van der Waals surface area contributed by atoms with Gasteiger partial charge in [-0.15, -0.1) is 0 Å². The summed E-state index contributed by atoms with van der Waals surface area (Å²) in [6.07, 6.45) is 1.10. The molecule has 3 aliphatic carbocycles. The summed E-state index contributed by atoms with van der Waals surface area (Å²) in [4.78, 5) is 24.9. The van der Waals surface area contributed by atoms with Crippen molar-refractivity contribution in [3.63, 3.8) is 0 Å². The van der Waals surface area contributed by atoms with Crippen LogP contribution in [-0.4, -0.2) is 60.8 Å². The Morgan fingerprint density at radius 3 is 2.78 bits per heavy atom. The van der Waals surface area contributed by atoms with E-state index in [4.69, 9.17) is 18.9 Å². The van der Waals surface area contributed by atoms with Gasteiger partial charge in [0.1, 0.15) is 0 Å². The number of fused-ring (bicyclic) bond motifs is 1. The Bertz CT molecular complexity index is 634. The number of hydrogen-bond acceptors (Lipinski definition) is 7. The zero-order valence-electron chi connectivity index (χ0n) is 12.7. The SMILES string of the molecule is COC(=O)C1=CCC2(OCCO2)[C@@]23O[C@@H]2C(=O)[C@H]2C[C@@H]1[C@@H]3C2O. The first-order valence-electron chi connectivity index (χ1n) is 8.01. The van der Waals surface area contributed by atoms with Crippen LogP contribution in [0.1, 0.15) is 12.8 Å². The number of carbonyl (C=O) groups is 2. The minimum atomic E-state index is -1.09. The number of Topliss-reactive ketones (excluding diaryl/α,β-unsaturated/α-hetero) is 1. The highest BCUT2D eigenvalue weighted by Crippen LogP contribution is 2.68. The fourth-order valence-corrected chi connectivity index (χ4v) is 5.33. The largest absolute Gasteiger partial charge is 0.466 e. The van der Waals surface area contributed by atoms with Crippen LogP contribution in [0.15, 0.2) is 11.6 Å². The van der Waals surface area contributed by atoms with Gasteiger partial charge in [-0.05, 0) is 12.3 Å². The molecule has 2 spiro atoms. The molecule has 4 fully saturated rings. The van der Waals surface area contributed by atoms with Crippen molar-refractivity contribution in [1.82, 2.24) is 0 Å². The molecule has 7 nitrogen and oxygen atoms in total. The van der Waals surface area contributed by atoms with Crippen LogP contribution in [0.2, 0.25) is 0 Å². The predicted octanol–water partition coefficient (Wildman–Crippen LogP) is -0.434. The average Bonchev–Trinajstić information content (AvgIpc) is 3.04. The zero-order valence-corrected chi connectivity index (χ0v) is 12.7. The maximum absolute atomic E-state index is 12.6. The molecule has 1 unspecified atom stereocenters. The second kappa shape index (κ2) is 4.22. The van der Waals surface area contributed by atoms with Gasteiger partial charge in [0.15, 0.2) is 17.5 Å². The molecule has 5 aliphatic rings. The number of ketones is 1. The number of esters is 1. The first-order chi connectivity index (χ1) is 11.1. The standard InChI is InChI=1S/C16H18O7/c1-20-14(19)7-2-3-15(21-4-5-22-15)16-10-8(7)6-9(11(10)17)12(18)13(16)23-16/h2,8-11,13,17H,3-6H2,1H3/t8-,9-,10+,11?,13+,16-/m0/s1. The number of epoxide rings is 1. The van der Waals surface area contributed by atoms with Gasteiger partial charge in [0.25, 0.3) is 0 Å². The Morgan fingerprint density at radius 1 is 1.35 bits per heavy atom. The summed E-state index contributed by atoms with van der Waals surface area (Å²) in [5, 5.41) is 10.7. The summed E-state index contributed by atoms with van der Waals surface area (Å²) < 4.78 is 22.6. The molecule has 0 aromatic rings. The Kier molecular flexibility index (Phi) is 2.58. The van der Waals surface area contributed by atoms with Crippen LogP contribution in [0.3, 0.4) is 0 Å². The molecule has 5 rings (SSSR count).